The average Bonchev–Trinajstić information content (AvgIpc) is 2.63. The molecule has 0 aromatic heterocycles. The van der Waals surface area contributed by atoms with Crippen molar-refractivity contribution >= 4 is 39.1 Å². The van der Waals surface area contributed by atoms with E-state index in [0.29, 0.717) is 41.3 Å². The molecule has 7 heteroatoms. The fraction of sp³-hybridized carbons (Fsp3) is 0.400. The maximum atomic E-state index is 9.40. The highest BCUT2D eigenvalue weighted by Crippen LogP contribution is 2.35. The lowest BCUT2D eigenvalue weighted by atomic mass is 10.1. The summed E-state index contributed by atoms with van der Waals surface area (Å²) in [6, 6.07) is 9.25. The molecule has 0 saturated heterocycles. The van der Waals surface area contributed by atoms with Crippen molar-refractivity contribution in [3.63, 3.8) is 0 Å². The first-order chi connectivity index (χ1) is 12.8. The molecular weight excluding hydrogens is 453 g/mol. The van der Waals surface area contributed by atoms with Gasteiger partial charge in [-0.15, -0.1) is 0 Å². The Balaban J connectivity index is 2.17. The molecule has 0 amide bonds. The summed E-state index contributed by atoms with van der Waals surface area (Å²) >= 11 is 15.6. The molecule has 0 bridgehead atoms. The van der Waals surface area contributed by atoms with Crippen LogP contribution in [0.5, 0.6) is 11.5 Å². The number of nitrogens with one attached hydrogen (secondary N) is 1. The lowest BCUT2D eigenvalue weighted by Gasteiger charge is -2.24. The van der Waals surface area contributed by atoms with Gasteiger partial charge in [0.05, 0.1) is 23.3 Å². The van der Waals surface area contributed by atoms with E-state index in [-0.39, 0.29) is 12.1 Å². The third-order valence-corrected chi connectivity index (χ3v) is 5.42. The van der Waals surface area contributed by atoms with E-state index >= 15 is 0 Å². The summed E-state index contributed by atoms with van der Waals surface area (Å²) in [5, 5.41) is 13.7. The molecular formula is C20H24BrCl2NO3. The molecule has 2 rings (SSSR count). The zero-order valence-electron chi connectivity index (χ0n) is 15.6. The number of aliphatic hydroxyl groups excluding tert-OH is 1. The largest absolute Gasteiger partial charge is 0.490 e. The second-order valence-corrected chi connectivity index (χ2v) is 8.42. The van der Waals surface area contributed by atoms with Crippen LogP contribution < -0.4 is 14.8 Å². The number of halogens is 3. The molecule has 0 aliphatic carbocycles. The van der Waals surface area contributed by atoms with E-state index in [1.807, 2.05) is 39.0 Å². The number of ether oxygens (including phenoxy) is 2. The molecule has 0 saturated carbocycles. The predicted octanol–water partition coefficient (Wildman–Crippen LogP) is 5.59. The lowest BCUT2D eigenvalue weighted by Crippen LogP contribution is -2.42. The van der Waals surface area contributed by atoms with E-state index < -0.39 is 0 Å². The Morgan fingerprint density at radius 2 is 1.78 bits per heavy atom. The molecule has 148 valence electrons. The monoisotopic (exact) mass is 475 g/mol. The molecule has 0 atom stereocenters. The van der Waals surface area contributed by atoms with Gasteiger partial charge in [0.2, 0.25) is 0 Å². The van der Waals surface area contributed by atoms with Crippen molar-refractivity contribution in [2.45, 2.75) is 39.5 Å². The van der Waals surface area contributed by atoms with E-state index in [9.17, 15) is 5.11 Å². The Morgan fingerprint density at radius 1 is 1.07 bits per heavy atom. The fourth-order valence-corrected chi connectivity index (χ4v) is 3.06. The summed E-state index contributed by atoms with van der Waals surface area (Å²) in [6.45, 7) is 7.32. The highest BCUT2D eigenvalue weighted by molar-refractivity contribution is 9.10. The second kappa shape index (κ2) is 9.99. The standard InChI is InChI=1S/C20H24BrCl2NO3/c1-4-26-18-8-14(10-24-20(2,3)12-25)15(21)9-19(18)27-11-13-5-6-16(22)17(23)7-13/h5-9,24-25H,4,10-12H2,1-3H3. The van der Waals surface area contributed by atoms with Gasteiger partial charge >= 0.3 is 0 Å². The van der Waals surface area contributed by atoms with Crippen LogP contribution in [0.2, 0.25) is 10.0 Å². The lowest BCUT2D eigenvalue weighted by molar-refractivity contribution is 0.187. The Morgan fingerprint density at radius 3 is 2.41 bits per heavy atom. The normalized spacial score (nSPS) is 11.5. The van der Waals surface area contributed by atoms with E-state index in [2.05, 4.69) is 21.2 Å². The zero-order valence-corrected chi connectivity index (χ0v) is 18.7. The average molecular weight is 477 g/mol. The first-order valence-electron chi connectivity index (χ1n) is 8.63. The van der Waals surface area contributed by atoms with Gasteiger partial charge in [-0.3, -0.25) is 0 Å². The van der Waals surface area contributed by atoms with Crippen molar-refractivity contribution in [2.75, 3.05) is 13.2 Å². The summed E-state index contributed by atoms with van der Waals surface area (Å²) in [4.78, 5) is 0. The SMILES string of the molecule is CCOc1cc(CNC(C)(C)CO)c(Br)cc1OCc1ccc(Cl)c(Cl)c1. The number of rotatable bonds is 9. The molecule has 2 N–H and O–H groups in total. The van der Waals surface area contributed by atoms with Gasteiger partial charge in [0.15, 0.2) is 11.5 Å². The van der Waals surface area contributed by atoms with E-state index in [0.717, 1.165) is 15.6 Å². The van der Waals surface area contributed by atoms with Crippen LogP contribution in [-0.2, 0) is 13.2 Å². The molecule has 27 heavy (non-hydrogen) atoms. The second-order valence-electron chi connectivity index (χ2n) is 6.76. The van der Waals surface area contributed by atoms with Crippen molar-refractivity contribution in [2.24, 2.45) is 0 Å². The summed E-state index contributed by atoms with van der Waals surface area (Å²) in [7, 11) is 0. The van der Waals surface area contributed by atoms with Gasteiger partial charge in [0.1, 0.15) is 6.61 Å². The summed E-state index contributed by atoms with van der Waals surface area (Å²) < 4.78 is 12.6. The van der Waals surface area contributed by atoms with Crippen molar-refractivity contribution < 1.29 is 14.6 Å². The van der Waals surface area contributed by atoms with Crippen molar-refractivity contribution in [1.82, 2.24) is 5.32 Å². The van der Waals surface area contributed by atoms with Gasteiger partial charge in [0.25, 0.3) is 0 Å². The Hall–Kier alpha value is -0.980. The van der Waals surface area contributed by atoms with E-state index in [1.54, 1.807) is 12.1 Å². The summed E-state index contributed by atoms with van der Waals surface area (Å²) in [6.07, 6.45) is 0. The van der Waals surface area contributed by atoms with Crippen LogP contribution in [0, 0.1) is 0 Å². The minimum absolute atomic E-state index is 0.0494. The molecule has 0 aliphatic heterocycles. The molecule has 2 aromatic rings. The van der Waals surface area contributed by atoms with Gasteiger partial charge in [-0.05, 0) is 56.2 Å². The third kappa shape index (κ3) is 6.54. The number of aliphatic hydroxyl groups is 1. The van der Waals surface area contributed by atoms with Crippen LogP contribution in [0.4, 0.5) is 0 Å². The maximum Gasteiger partial charge on any atom is 0.162 e. The fourth-order valence-electron chi connectivity index (χ4n) is 2.27. The highest BCUT2D eigenvalue weighted by atomic mass is 79.9. The van der Waals surface area contributed by atoms with Gasteiger partial charge in [0, 0.05) is 16.6 Å². The minimum atomic E-state index is -0.367. The summed E-state index contributed by atoms with van der Waals surface area (Å²) in [5.41, 5.74) is 1.56. The van der Waals surface area contributed by atoms with Crippen molar-refractivity contribution in [3.05, 3.63) is 56.0 Å². The molecule has 0 heterocycles. The van der Waals surface area contributed by atoms with Crippen LogP contribution >= 0.6 is 39.1 Å². The Bertz CT molecular complexity index is 784. The summed E-state index contributed by atoms with van der Waals surface area (Å²) in [5.74, 6) is 1.30. The van der Waals surface area contributed by atoms with E-state index in [1.165, 1.54) is 0 Å². The minimum Gasteiger partial charge on any atom is -0.490 e. The van der Waals surface area contributed by atoms with Crippen LogP contribution in [0.25, 0.3) is 0 Å². The Kier molecular flexibility index (Phi) is 8.25. The maximum absolute atomic E-state index is 9.40. The van der Waals surface area contributed by atoms with Crippen LogP contribution in [-0.4, -0.2) is 23.9 Å². The molecule has 2 aromatic carbocycles. The van der Waals surface area contributed by atoms with Crippen molar-refractivity contribution in [3.8, 4) is 11.5 Å². The zero-order chi connectivity index (χ0) is 20.0. The van der Waals surface area contributed by atoms with Gasteiger partial charge in [-0.2, -0.15) is 0 Å². The highest BCUT2D eigenvalue weighted by Gasteiger charge is 2.17. The topological polar surface area (TPSA) is 50.7 Å². The first kappa shape index (κ1) is 22.3. The molecule has 0 aliphatic rings. The molecule has 0 fully saturated rings. The van der Waals surface area contributed by atoms with Gasteiger partial charge < -0.3 is 19.9 Å². The Labute approximate surface area is 178 Å². The van der Waals surface area contributed by atoms with Crippen LogP contribution in [0.1, 0.15) is 31.9 Å². The number of hydrogen-bond donors (Lipinski definition) is 2. The first-order valence-corrected chi connectivity index (χ1v) is 10.2. The molecule has 0 radical (unpaired) electrons. The molecule has 0 unspecified atom stereocenters. The number of benzene rings is 2. The molecule has 4 nitrogen and oxygen atoms in total. The number of hydrogen-bond acceptors (Lipinski definition) is 4. The predicted molar refractivity (Wildman–Crippen MR) is 114 cm³/mol. The van der Waals surface area contributed by atoms with E-state index in [4.69, 9.17) is 32.7 Å². The third-order valence-electron chi connectivity index (χ3n) is 3.94. The van der Waals surface area contributed by atoms with Gasteiger partial charge in [-0.1, -0.05) is 45.2 Å². The van der Waals surface area contributed by atoms with Crippen LogP contribution in [0.15, 0.2) is 34.8 Å². The smallest absolute Gasteiger partial charge is 0.162 e. The van der Waals surface area contributed by atoms with Crippen LogP contribution in [0.3, 0.4) is 0 Å². The quantitative estimate of drug-likeness (QED) is 0.495. The molecule has 0 spiro atoms. The van der Waals surface area contributed by atoms with Gasteiger partial charge in [-0.25, -0.2) is 0 Å². The van der Waals surface area contributed by atoms with Crippen molar-refractivity contribution in [1.29, 1.82) is 0 Å².